The molecule has 0 radical (unpaired) electrons. The van der Waals surface area contributed by atoms with Gasteiger partial charge in [0.25, 0.3) is 0 Å². The standard InChI is InChI=1S/C42H29N3/c43-38-24-22-29(23-25-38)28-10-12-30(13-11-28)35-20-16-32-17-21-36(27-37(32)26-35)31-14-18-33(19-15-31)41-39-8-4-5-9-40(39)44-42(45-41)34-6-2-1-3-7-34/h1-27H,43H2. The van der Waals surface area contributed by atoms with E-state index in [2.05, 4.69) is 121 Å². The summed E-state index contributed by atoms with van der Waals surface area (Å²) in [7, 11) is 0. The van der Waals surface area contributed by atoms with Crippen molar-refractivity contribution in [2.24, 2.45) is 0 Å². The fourth-order valence-corrected chi connectivity index (χ4v) is 5.97. The SMILES string of the molecule is Nc1ccc(-c2ccc(-c3ccc4ccc(-c5ccc(-c6nc(-c7ccccc7)nc7ccccc67)cc5)cc4c3)cc2)cc1. The van der Waals surface area contributed by atoms with E-state index in [0.29, 0.717) is 0 Å². The number of anilines is 1. The molecule has 0 fully saturated rings. The maximum absolute atomic E-state index is 5.87. The Morgan fingerprint density at radius 1 is 0.356 bits per heavy atom. The largest absolute Gasteiger partial charge is 0.399 e. The molecule has 0 bridgehead atoms. The summed E-state index contributed by atoms with van der Waals surface area (Å²) in [6.45, 7) is 0. The predicted molar refractivity (Wildman–Crippen MR) is 189 cm³/mol. The Morgan fingerprint density at radius 3 is 1.47 bits per heavy atom. The molecule has 45 heavy (non-hydrogen) atoms. The van der Waals surface area contributed by atoms with Gasteiger partial charge in [0, 0.05) is 22.2 Å². The molecule has 0 amide bonds. The van der Waals surface area contributed by atoms with Gasteiger partial charge in [-0.15, -0.1) is 0 Å². The lowest BCUT2D eigenvalue weighted by Crippen LogP contribution is -1.95. The topological polar surface area (TPSA) is 51.8 Å². The first kappa shape index (κ1) is 26.6. The van der Waals surface area contributed by atoms with E-state index >= 15 is 0 Å². The van der Waals surface area contributed by atoms with Gasteiger partial charge in [-0.25, -0.2) is 9.97 Å². The maximum atomic E-state index is 5.87. The van der Waals surface area contributed by atoms with Gasteiger partial charge in [0.15, 0.2) is 5.82 Å². The van der Waals surface area contributed by atoms with E-state index in [-0.39, 0.29) is 0 Å². The van der Waals surface area contributed by atoms with Crippen LogP contribution in [0.4, 0.5) is 5.69 Å². The number of rotatable bonds is 5. The second-order valence-electron chi connectivity index (χ2n) is 11.3. The van der Waals surface area contributed by atoms with Crippen molar-refractivity contribution in [3.63, 3.8) is 0 Å². The summed E-state index contributed by atoms with van der Waals surface area (Å²) >= 11 is 0. The second kappa shape index (κ2) is 11.2. The first-order chi connectivity index (χ1) is 22.2. The molecule has 0 atom stereocenters. The van der Waals surface area contributed by atoms with Crippen molar-refractivity contribution < 1.29 is 0 Å². The number of nitrogens with zero attached hydrogens (tertiary/aromatic N) is 2. The molecule has 212 valence electrons. The summed E-state index contributed by atoms with van der Waals surface area (Å²) in [5.41, 5.74) is 17.7. The average molecular weight is 576 g/mol. The highest BCUT2D eigenvalue weighted by atomic mass is 14.9. The number of fused-ring (bicyclic) bond motifs is 2. The molecule has 0 saturated heterocycles. The van der Waals surface area contributed by atoms with Crippen molar-refractivity contribution in [2.45, 2.75) is 0 Å². The fourth-order valence-electron chi connectivity index (χ4n) is 5.97. The third-order valence-electron chi connectivity index (χ3n) is 8.43. The van der Waals surface area contributed by atoms with Gasteiger partial charge < -0.3 is 5.73 Å². The summed E-state index contributed by atoms with van der Waals surface area (Å²) in [6.07, 6.45) is 0. The van der Waals surface area contributed by atoms with Crippen molar-refractivity contribution in [1.29, 1.82) is 0 Å². The zero-order valence-electron chi connectivity index (χ0n) is 24.6. The van der Waals surface area contributed by atoms with Gasteiger partial charge in [-0.3, -0.25) is 0 Å². The lowest BCUT2D eigenvalue weighted by Gasteiger charge is -2.11. The normalized spacial score (nSPS) is 11.2. The average Bonchev–Trinajstić information content (AvgIpc) is 3.11. The van der Waals surface area contributed by atoms with E-state index in [1.54, 1.807) is 0 Å². The molecule has 7 aromatic carbocycles. The summed E-state index contributed by atoms with van der Waals surface area (Å²) < 4.78 is 0. The van der Waals surface area contributed by atoms with Gasteiger partial charge in [-0.2, -0.15) is 0 Å². The first-order valence-electron chi connectivity index (χ1n) is 15.1. The molecule has 0 spiro atoms. The lowest BCUT2D eigenvalue weighted by molar-refractivity contribution is 1.23. The van der Waals surface area contributed by atoms with Crippen LogP contribution >= 0.6 is 0 Å². The van der Waals surface area contributed by atoms with Crippen LogP contribution in [0, 0.1) is 0 Å². The van der Waals surface area contributed by atoms with Crippen molar-refractivity contribution in [3.05, 3.63) is 164 Å². The summed E-state index contributed by atoms with van der Waals surface area (Å²) in [6, 6.07) is 57.2. The van der Waals surface area contributed by atoms with E-state index in [0.717, 1.165) is 44.8 Å². The number of aromatic nitrogens is 2. The minimum atomic E-state index is 0.735. The number of benzene rings is 7. The van der Waals surface area contributed by atoms with Gasteiger partial charge >= 0.3 is 0 Å². The Morgan fingerprint density at radius 2 is 0.844 bits per heavy atom. The zero-order valence-corrected chi connectivity index (χ0v) is 24.6. The van der Waals surface area contributed by atoms with Gasteiger partial charge in [-0.05, 0) is 74.5 Å². The van der Waals surface area contributed by atoms with E-state index < -0.39 is 0 Å². The van der Waals surface area contributed by atoms with Gasteiger partial charge in [0.05, 0.1) is 11.2 Å². The van der Waals surface area contributed by atoms with Crippen LogP contribution in [-0.4, -0.2) is 9.97 Å². The molecule has 0 unspecified atom stereocenters. The number of nitrogens with two attached hydrogens (primary N) is 1. The Labute approximate surface area is 262 Å². The molecule has 3 heteroatoms. The Kier molecular flexibility index (Phi) is 6.62. The smallest absolute Gasteiger partial charge is 0.160 e. The molecular weight excluding hydrogens is 546 g/mol. The highest BCUT2D eigenvalue weighted by Crippen LogP contribution is 2.33. The summed E-state index contributed by atoms with van der Waals surface area (Å²) in [5, 5.41) is 3.48. The van der Waals surface area contributed by atoms with Crippen LogP contribution in [0.15, 0.2) is 164 Å². The second-order valence-corrected chi connectivity index (χ2v) is 11.3. The number of hydrogen-bond donors (Lipinski definition) is 1. The van der Waals surface area contributed by atoms with Crippen molar-refractivity contribution in [1.82, 2.24) is 9.97 Å². The van der Waals surface area contributed by atoms with Crippen LogP contribution in [0.5, 0.6) is 0 Å². The molecule has 1 heterocycles. The monoisotopic (exact) mass is 575 g/mol. The van der Waals surface area contributed by atoms with Crippen LogP contribution in [0.2, 0.25) is 0 Å². The van der Waals surface area contributed by atoms with Crippen molar-refractivity contribution in [3.8, 4) is 56.0 Å². The van der Waals surface area contributed by atoms with Crippen molar-refractivity contribution >= 4 is 27.4 Å². The highest BCUT2D eigenvalue weighted by Gasteiger charge is 2.12. The van der Waals surface area contributed by atoms with Gasteiger partial charge in [0.2, 0.25) is 0 Å². The summed E-state index contributed by atoms with van der Waals surface area (Å²) in [4.78, 5) is 9.89. The van der Waals surface area contributed by atoms with Crippen LogP contribution in [0.1, 0.15) is 0 Å². The molecule has 1 aromatic heterocycles. The molecule has 3 nitrogen and oxygen atoms in total. The predicted octanol–water partition coefficient (Wildman–Crippen LogP) is 10.7. The maximum Gasteiger partial charge on any atom is 0.160 e. The number of nitrogen functional groups attached to an aromatic ring is 1. The van der Waals surface area contributed by atoms with E-state index in [1.807, 2.05) is 42.5 Å². The van der Waals surface area contributed by atoms with E-state index in [9.17, 15) is 0 Å². The number of hydrogen-bond acceptors (Lipinski definition) is 3. The molecular formula is C42H29N3. The van der Waals surface area contributed by atoms with Crippen LogP contribution in [-0.2, 0) is 0 Å². The third kappa shape index (κ3) is 5.21. The van der Waals surface area contributed by atoms with Crippen LogP contribution in [0.3, 0.4) is 0 Å². The molecule has 0 aliphatic heterocycles. The van der Waals surface area contributed by atoms with Gasteiger partial charge in [-0.1, -0.05) is 133 Å². The van der Waals surface area contributed by atoms with E-state index in [1.165, 1.54) is 38.6 Å². The molecule has 2 N–H and O–H groups in total. The number of para-hydroxylation sites is 1. The lowest BCUT2D eigenvalue weighted by atomic mass is 9.95. The quantitative estimate of drug-likeness (QED) is 0.208. The van der Waals surface area contributed by atoms with Crippen LogP contribution < -0.4 is 5.73 Å². The highest BCUT2D eigenvalue weighted by molar-refractivity contribution is 5.95. The molecule has 0 aliphatic carbocycles. The van der Waals surface area contributed by atoms with E-state index in [4.69, 9.17) is 15.7 Å². The molecule has 0 saturated carbocycles. The Balaban J connectivity index is 1.11. The van der Waals surface area contributed by atoms with Crippen LogP contribution in [0.25, 0.3) is 77.7 Å². The minimum Gasteiger partial charge on any atom is -0.399 e. The fraction of sp³-hybridized carbons (Fsp3) is 0. The summed E-state index contributed by atoms with van der Waals surface area (Å²) in [5.74, 6) is 0.735. The molecule has 0 aliphatic rings. The molecule has 8 rings (SSSR count). The first-order valence-corrected chi connectivity index (χ1v) is 15.1. The Hall–Kier alpha value is -6.06. The Bertz CT molecular complexity index is 2290. The molecule has 8 aromatic rings. The van der Waals surface area contributed by atoms with Crippen molar-refractivity contribution in [2.75, 3.05) is 5.73 Å². The van der Waals surface area contributed by atoms with Gasteiger partial charge in [0.1, 0.15) is 0 Å². The third-order valence-corrected chi connectivity index (χ3v) is 8.43. The minimum absolute atomic E-state index is 0.735. The zero-order chi connectivity index (χ0) is 30.2.